The van der Waals surface area contributed by atoms with Crippen molar-refractivity contribution in [1.82, 2.24) is 5.32 Å². The molecule has 2 aromatic rings. The molecule has 0 amide bonds. The van der Waals surface area contributed by atoms with Crippen LogP contribution in [-0.4, -0.2) is 23.8 Å². The summed E-state index contributed by atoms with van der Waals surface area (Å²) in [5.74, 6) is 1.93. The quantitative estimate of drug-likeness (QED) is 0.223. The Balaban J connectivity index is 1.37. The summed E-state index contributed by atoms with van der Waals surface area (Å²) < 4.78 is 0. The van der Waals surface area contributed by atoms with Crippen molar-refractivity contribution in [3.8, 4) is 0 Å². The summed E-state index contributed by atoms with van der Waals surface area (Å²) in [6.45, 7) is 9.27. The van der Waals surface area contributed by atoms with Gasteiger partial charge in [-0.2, -0.15) is 0 Å². The number of fused-ring (bicyclic) bond motifs is 3. The van der Waals surface area contributed by atoms with Gasteiger partial charge in [0, 0.05) is 23.7 Å². The van der Waals surface area contributed by atoms with Crippen LogP contribution in [0.15, 0.2) is 83.7 Å². The first-order valence-corrected chi connectivity index (χ1v) is 14.8. The van der Waals surface area contributed by atoms with Crippen LogP contribution in [0.3, 0.4) is 0 Å². The Morgan fingerprint density at radius 1 is 1.07 bits per heavy atom. The number of rotatable bonds is 10. The van der Waals surface area contributed by atoms with E-state index in [0.717, 1.165) is 68.8 Å². The third-order valence-electron chi connectivity index (χ3n) is 9.72. The van der Waals surface area contributed by atoms with E-state index < -0.39 is 0 Å². The minimum Gasteiger partial charge on any atom is -0.393 e. The molecule has 0 heterocycles. The first kappa shape index (κ1) is 28.1. The zero-order chi connectivity index (χ0) is 28.3. The van der Waals surface area contributed by atoms with Gasteiger partial charge in [-0.05, 0) is 108 Å². The van der Waals surface area contributed by atoms with Gasteiger partial charge in [-0.15, -0.1) is 0 Å². The standard InChI is InChI=1S/C35H42N2O3/c1-4-5-29-27(18-19-38)12-15-30-32-16-17-33(40)35(32,3)20-31(34(29)30)26-10-6-24(7-11-26)21-36-23(2)37-28-13-8-25(22-39)9-14-28/h6-11,13-14,18-19,22,30-33,36-37,40H,2,4-5,12,15-17,20-21H2,1,3H3/b27-18-. The molecule has 0 radical (unpaired) electrons. The fourth-order valence-corrected chi connectivity index (χ4v) is 7.71. The Bertz CT molecular complexity index is 1310. The third-order valence-corrected chi connectivity index (χ3v) is 9.72. The lowest BCUT2D eigenvalue weighted by atomic mass is 9.53. The van der Waals surface area contributed by atoms with Crippen LogP contribution < -0.4 is 10.6 Å². The molecule has 5 heteroatoms. The summed E-state index contributed by atoms with van der Waals surface area (Å²) in [6, 6.07) is 16.2. The largest absolute Gasteiger partial charge is 0.393 e. The molecule has 2 saturated carbocycles. The van der Waals surface area contributed by atoms with Crippen LogP contribution in [0.2, 0.25) is 0 Å². The first-order chi connectivity index (χ1) is 19.4. The fourth-order valence-electron chi connectivity index (χ4n) is 7.71. The lowest BCUT2D eigenvalue weighted by molar-refractivity contribution is -0.104. The topological polar surface area (TPSA) is 78.4 Å². The number of aliphatic hydroxyl groups excluding tert-OH is 1. The van der Waals surface area contributed by atoms with Gasteiger partial charge in [-0.3, -0.25) is 9.59 Å². The normalized spacial score (nSPS) is 28.5. The van der Waals surface area contributed by atoms with Gasteiger partial charge in [-0.25, -0.2) is 0 Å². The molecule has 0 aromatic heterocycles. The molecule has 40 heavy (non-hydrogen) atoms. The molecule has 2 fully saturated rings. The second kappa shape index (κ2) is 12.0. The molecule has 0 bridgehead atoms. The average Bonchev–Trinajstić information content (AvgIpc) is 3.27. The summed E-state index contributed by atoms with van der Waals surface area (Å²) in [7, 11) is 0. The summed E-state index contributed by atoms with van der Waals surface area (Å²) in [6.07, 6.45) is 10.4. The number of benzene rings is 2. The SMILES string of the molecule is C=C(NCc1ccc(C2CC3(C)C(O)CCC3C3CC/C(=C/C=O)C(CCC)=C23)cc1)Nc1ccc(C=O)cc1. The molecule has 3 aliphatic rings. The molecule has 5 nitrogen and oxygen atoms in total. The monoisotopic (exact) mass is 538 g/mol. The van der Waals surface area contributed by atoms with Crippen LogP contribution >= 0.6 is 0 Å². The lowest BCUT2D eigenvalue weighted by Crippen LogP contribution is -2.44. The van der Waals surface area contributed by atoms with Crippen LogP contribution in [0, 0.1) is 17.3 Å². The van der Waals surface area contributed by atoms with Gasteiger partial charge in [0.05, 0.1) is 11.9 Å². The predicted octanol–water partition coefficient (Wildman–Crippen LogP) is 7.07. The van der Waals surface area contributed by atoms with Gasteiger partial charge in [0.25, 0.3) is 0 Å². The Morgan fingerprint density at radius 3 is 2.50 bits per heavy atom. The van der Waals surface area contributed by atoms with Crippen LogP contribution in [0.25, 0.3) is 0 Å². The van der Waals surface area contributed by atoms with E-state index in [1.54, 1.807) is 23.8 Å². The van der Waals surface area contributed by atoms with Gasteiger partial charge in [0.15, 0.2) is 0 Å². The average molecular weight is 539 g/mol. The molecule has 2 aromatic carbocycles. The van der Waals surface area contributed by atoms with E-state index in [4.69, 9.17) is 0 Å². The van der Waals surface area contributed by atoms with Crippen molar-refractivity contribution in [3.05, 3.63) is 100 Å². The minimum absolute atomic E-state index is 0.0738. The van der Waals surface area contributed by atoms with Crippen molar-refractivity contribution in [2.24, 2.45) is 17.3 Å². The third kappa shape index (κ3) is 5.44. The number of aldehydes is 2. The predicted molar refractivity (Wildman–Crippen MR) is 161 cm³/mol. The Hall–Kier alpha value is -3.44. The van der Waals surface area contributed by atoms with Crippen molar-refractivity contribution >= 4 is 18.3 Å². The van der Waals surface area contributed by atoms with E-state index in [0.29, 0.717) is 29.8 Å². The van der Waals surface area contributed by atoms with Gasteiger partial charge in [0.2, 0.25) is 0 Å². The molecule has 0 saturated heterocycles. The summed E-state index contributed by atoms with van der Waals surface area (Å²) in [4.78, 5) is 22.4. The molecule has 3 aliphatic carbocycles. The van der Waals surface area contributed by atoms with Crippen LogP contribution in [-0.2, 0) is 11.3 Å². The maximum Gasteiger partial charge on any atom is 0.150 e. The van der Waals surface area contributed by atoms with E-state index in [1.807, 2.05) is 12.1 Å². The number of anilines is 1. The highest BCUT2D eigenvalue weighted by Crippen LogP contribution is 2.63. The number of hydrogen-bond donors (Lipinski definition) is 3. The second-order valence-electron chi connectivity index (χ2n) is 12.1. The van der Waals surface area contributed by atoms with Crippen molar-refractivity contribution < 1.29 is 14.7 Å². The molecule has 5 unspecified atom stereocenters. The summed E-state index contributed by atoms with van der Waals surface area (Å²) in [5.41, 5.74) is 8.08. The summed E-state index contributed by atoms with van der Waals surface area (Å²) >= 11 is 0. The van der Waals surface area contributed by atoms with E-state index >= 15 is 0 Å². The van der Waals surface area contributed by atoms with E-state index in [1.165, 1.54) is 16.7 Å². The minimum atomic E-state index is -0.250. The maximum atomic E-state index is 11.5. The van der Waals surface area contributed by atoms with Gasteiger partial charge < -0.3 is 15.7 Å². The molecule has 5 rings (SSSR count). The highest BCUT2D eigenvalue weighted by atomic mass is 16.3. The second-order valence-corrected chi connectivity index (χ2v) is 12.1. The number of carbonyl (C=O) groups excluding carboxylic acids is 2. The van der Waals surface area contributed by atoms with Crippen LogP contribution in [0.5, 0.6) is 0 Å². The zero-order valence-electron chi connectivity index (χ0n) is 23.8. The van der Waals surface area contributed by atoms with Crippen molar-refractivity contribution in [1.29, 1.82) is 0 Å². The zero-order valence-corrected chi connectivity index (χ0v) is 23.8. The molecule has 0 aliphatic heterocycles. The fraction of sp³-hybridized carbons (Fsp3) is 0.429. The molecule has 210 valence electrons. The number of aliphatic hydroxyl groups is 1. The smallest absolute Gasteiger partial charge is 0.150 e. The van der Waals surface area contributed by atoms with E-state index in [2.05, 4.69) is 55.3 Å². The van der Waals surface area contributed by atoms with Gasteiger partial charge >= 0.3 is 0 Å². The highest BCUT2D eigenvalue weighted by Gasteiger charge is 2.56. The summed E-state index contributed by atoms with van der Waals surface area (Å²) in [5, 5.41) is 17.7. The highest BCUT2D eigenvalue weighted by molar-refractivity contribution is 5.75. The number of allylic oxidation sites excluding steroid dienone is 4. The molecule has 0 spiro atoms. The van der Waals surface area contributed by atoms with E-state index in [9.17, 15) is 14.7 Å². The molecular weight excluding hydrogens is 496 g/mol. The van der Waals surface area contributed by atoms with Crippen molar-refractivity contribution in [2.75, 3.05) is 5.32 Å². The number of nitrogens with one attached hydrogen (secondary N) is 2. The Kier molecular flexibility index (Phi) is 8.41. The van der Waals surface area contributed by atoms with Crippen LogP contribution in [0.1, 0.15) is 86.2 Å². The van der Waals surface area contributed by atoms with Crippen LogP contribution in [0.4, 0.5) is 5.69 Å². The number of carbonyl (C=O) groups is 2. The Labute approximate surface area is 238 Å². The van der Waals surface area contributed by atoms with E-state index in [-0.39, 0.29) is 17.4 Å². The lowest BCUT2D eigenvalue weighted by Gasteiger charge is -2.51. The van der Waals surface area contributed by atoms with Gasteiger partial charge in [0.1, 0.15) is 12.6 Å². The van der Waals surface area contributed by atoms with Crippen molar-refractivity contribution in [2.45, 2.75) is 77.4 Å². The van der Waals surface area contributed by atoms with Crippen molar-refractivity contribution in [3.63, 3.8) is 0 Å². The molecular formula is C35H42N2O3. The maximum absolute atomic E-state index is 11.5. The molecule has 5 atom stereocenters. The Morgan fingerprint density at radius 2 is 1.82 bits per heavy atom. The first-order valence-electron chi connectivity index (χ1n) is 14.8. The molecule has 3 N–H and O–H groups in total. The van der Waals surface area contributed by atoms with Gasteiger partial charge in [-0.1, -0.05) is 56.7 Å². The number of hydrogen-bond acceptors (Lipinski definition) is 5.